The third-order valence-electron chi connectivity index (χ3n) is 6.11. The van der Waals surface area contributed by atoms with E-state index in [4.69, 9.17) is 19.9 Å². The number of unbranched alkanes of at least 4 members (excludes halogenated alkanes) is 2. The van der Waals surface area contributed by atoms with Crippen molar-refractivity contribution in [1.82, 2.24) is 0 Å². The Hall–Kier alpha value is -4.50. The summed E-state index contributed by atoms with van der Waals surface area (Å²) >= 11 is 0. The zero-order valence-electron chi connectivity index (χ0n) is 21.1. The summed E-state index contributed by atoms with van der Waals surface area (Å²) in [5.74, 6) is 0.572. The van der Waals surface area contributed by atoms with E-state index in [2.05, 4.69) is 13.0 Å². The van der Waals surface area contributed by atoms with Crippen LogP contribution in [-0.2, 0) is 4.79 Å². The van der Waals surface area contributed by atoms with Crippen LogP contribution in [0, 0.1) is 18.3 Å². The van der Waals surface area contributed by atoms with E-state index >= 15 is 0 Å². The summed E-state index contributed by atoms with van der Waals surface area (Å²) < 4.78 is 17.2. The van der Waals surface area contributed by atoms with Crippen molar-refractivity contribution >= 4 is 12.0 Å². The van der Waals surface area contributed by atoms with E-state index in [1.807, 2.05) is 55.5 Å². The minimum absolute atomic E-state index is 0.0250. The van der Waals surface area contributed by atoms with Crippen molar-refractivity contribution in [2.75, 3.05) is 6.61 Å². The summed E-state index contributed by atoms with van der Waals surface area (Å²) in [6.07, 6.45) is 6.29. The van der Waals surface area contributed by atoms with Gasteiger partial charge in [0.15, 0.2) is 0 Å². The van der Waals surface area contributed by atoms with Crippen LogP contribution in [0.1, 0.15) is 54.4 Å². The maximum Gasteiger partial charge on any atom is 0.336 e. The second kappa shape index (κ2) is 12.0. The van der Waals surface area contributed by atoms with Gasteiger partial charge in [-0.15, -0.1) is 0 Å². The molecule has 0 fully saturated rings. The van der Waals surface area contributed by atoms with Crippen LogP contribution in [-0.4, -0.2) is 12.6 Å². The molecule has 1 aliphatic heterocycles. The minimum Gasteiger partial charge on any atom is -0.494 e. The number of rotatable bonds is 9. The SMILES string of the molecule is CCCCCOc1cccc(C2C(C#N)=C(N)Oc3cc(OC(=O)/C=C/c4ccc(C)cc4)ccc32)c1. The van der Waals surface area contributed by atoms with Crippen LogP contribution in [0.25, 0.3) is 6.08 Å². The Balaban J connectivity index is 1.55. The highest BCUT2D eigenvalue weighted by Crippen LogP contribution is 2.44. The maximum atomic E-state index is 12.4. The number of nitriles is 1. The van der Waals surface area contributed by atoms with Crippen molar-refractivity contribution in [2.24, 2.45) is 5.73 Å². The molecule has 0 spiro atoms. The zero-order chi connectivity index (χ0) is 26.2. The quantitative estimate of drug-likeness (QED) is 0.160. The van der Waals surface area contributed by atoms with Crippen molar-refractivity contribution in [1.29, 1.82) is 5.26 Å². The van der Waals surface area contributed by atoms with Gasteiger partial charge in [-0.1, -0.05) is 67.8 Å². The van der Waals surface area contributed by atoms with Crippen LogP contribution in [0.5, 0.6) is 17.2 Å². The monoisotopic (exact) mass is 494 g/mol. The number of benzene rings is 3. The number of fused-ring (bicyclic) bond motifs is 1. The number of carbonyl (C=O) groups excluding carboxylic acids is 1. The number of hydrogen-bond donors (Lipinski definition) is 1. The van der Waals surface area contributed by atoms with Gasteiger partial charge >= 0.3 is 5.97 Å². The normalized spacial score (nSPS) is 14.6. The fourth-order valence-electron chi connectivity index (χ4n) is 4.16. The Morgan fingerprint density at radius 1 is 1.08 bits per heavy atom. The van der Waals surface area contributed by atoms with E-state index in [-0.39, 0.29) is 5.88 Å². The lowest BCUT2D eigenvalue weighted by atomic mass is 9.83. The largest absolute Gasteiger partial charge is 0.494 e. The fourth-order valence-corrected chi connectivity index (χ4v) is 4.16. The molecule has 2 N–H and O–H groups in total. The van der Waals surface area contributed by atoms with Crippen LogP contribution < -0.4 is 19.9 Å². The van der Waals surface area contributed by atoms with Gasteiger partial charge in [0.25, 0.3) is 0 Å². The Bertz CT molecular complexity index is 1370. The molecule has 1 unspecified atom stereocenters. The summed E-state index contributed by atoms with van der Waals surface area (Å²) in [5, 5.41) is 9.85. The second-order valence-electron chi connectivity index (χ2n) is 8.92. The molecule has 3 aromatic rings. The van der Waals surface area contributed by atoms with E-state index in [1.54, 1.807) is 24.3 Å². The van der Waals surface area contributed by atoms with Crippen LogP contribution in [0.4, 0.5) is 0 Å². The first-order valence-electron chi connectivity index (χ1n) is 12.4. The Morgan fingerprint density at radius 2 is 1.89 bits per heavy atom. The highest BCUT2D eigenvalue weighted by Gasteiger charge is 2.31. The molecular formula is C31H30N2O4. The number of esters is 1. The molecule has 1 atom stereocenters. The molecular weight excluding hydrogens is 464 g/mol. The molecule has 3 aromatic carbocycles. The van der Waals surface area contributed by atoms with Crippen LogP contribution >= 0.6 is 0 Å². The number of allylic oxidation sites excluding steroid dienone is 1. The molecule has 0 aliphatic carbocycles. The first-order chi connectivity index (χ1) is 18.0. The van der Waals surface area contributed by atoms with Crippen LogP contribution in [0.2, 0.25) is 0 Å². The molecule has 0 saturated heterocycles. The highest BCUT2D eigenvalue weighted by molar-refractivity contribution is 5.88. The minimum atomic E-state index is -0.512. The lowest BCUT2D eigenvalue weighted by Gasteiger charge is -2.27. The molecule has 0 saturated carbocycles. The van der Waals surface area contributed by atoms with E-state index in [0.717, 1.165) is 47.3 Å². The molecule has 0 bridgehead atoms. The number of nitrogens with two attached hydrogens (primary N) is 1. The van der Waals surface area contributed by atoms with Crippen molar-refractivity contribution in [3.05, 3.63) is 107 Å². The third kappa shape index (κ3) is 6.39. The fraction of sp³-hybridized carbons (Fsp3) is 0.226. The number of carbonyl (C=O) groups is 1. The first kappa shape index (κ1) is 25.6. The predicted octanol–water partition coefficient (Wildman–Crippen LogP) is 6.40. The third-order valence-corrected chi connectivity index (χ3v) is 6.11. The Labute approximate surface area is 217 Å². The number of nitrogens with zero attached hydrogens (tertiary/aromatic N) is 1. The number of aryl methyl sites for hydroxylation is 1. The van der Waals surface area contributed by atoms with Crippen molar-refractivity contribution in [2.45, 2.75) is 39.0 Å². The van der Waals surface area contributed by atoms with Gasteiger partial charge in [0.05, 0.1) is 12.5 Å². The van der Waals surface area contributed by atoms with E-state index < -0.39 is 11.9 Å². The summed E-state index contributed by atoms with van der Waals surface area (Å²) in [7, 11) is 0. The number of ether oxygens (including phenoxy) is 3. The maximum absolute atomic E-state index is 12.4. The first-order valence-corrected chi connectivity index (χ1v) is 12.4. The smallest absolute Gasteiger partial charge is 0.336 e. The van der Waals surface area contributed by atoms with E-state index in [1.165, 1.54) is 6.08 Å². The van der Waals surface area contributed by atoms with Crippen molar-refractivity contribution in [3.8, 4) is 23.3 Å². The topological polar surface area (TPSA) is 94.6 Å². The lowest BCUT2D eigenvalue weighted by Crippen LogP contribution is -2.21. The van der Waals surface area contributed by atoms with Crippen LogP contribution in [0.15, 0.2) is 84.3 Å². The molecule has 0 radical (unpaired) electrons. The second-order valence-corrected chi connectivity index (χ2v) is 8.92. The van der Waals surface area contributed by atoms with Gasteiger partial charge in [-0.3, -0.25) is 0 Å². The molecule has 0 aromatic heterocycles. The Morgan fingerprint density at radius 3 is 2.65 bits per heavy atom. The van der Waals surface area contributed by atoms with Gasteiger partial charge in [0.1, 0.15) is 28.9 Å². The Kier molecular flexibility index (Phi) is 8.27. The standard InChI is InChI=1S/C31H30N2O4/c1-3-4-5-17-35-24-8-6-7-23(18-24)30-26-15-14-25(19-28(26)37-31(33)27(30)20-32)36-29(34)16-13-22-11-9-21(2)10-12-22/h6-16,18-19,30H,3-5,17,33H2,1-2H3/b16-13+. The lowest BCUT2D eigenvalue weighted by molar-refractivity contribution is -0.128. The van der Waals surface area contributed by atoms with Gasteiger partial charge in [0.2, 0.25) is 5.88 Å². The average Bonchev–Trinajstić information content (AvgIpc) is 2.90. The van der Waals surface area contributed by atoms with Gasteiger partial charge < -0.3 is 19.9 Å². The highest BCUT2D eigenvalue weighted by atomic mass is 16.5. The van der Waals surface area contributed by atoms with Crippen molar-refractivity contribution < 1.29 is 19.0 Å². The molecule has 1 heterocycles. The van der Waals surface area contributed by atoms with Gasteiger partial charge in [0, 0.05) is 17.7 Å². The molecule has 6 nitrogen and oxygen atoms in total. The van der Waals surface area contributed by atoms with Crippen LogP contribution in [0.3, 0.4) is 0 Å². The predicted molar refractivity (Wildman–Crippen MR) is 143 cm³/mol. The van der Waals surface area contributed by atoms with Crippen molar-refractivity contribution in [3.63, 3.8) is 0 Å². The molecule has 4 rings (SSSR count). The summed E-state index contributed by atoms with van der Waals surface area (Å²) in [6, 6.07) is 22.8. The number of hydrogen-bond acceptors (Lipinski definition) is 6. The molecule has 1 aliphatic rings. The molecule has 188 valence electrons. The van der Waals surface area contributed by atoms with E-state index in [9.17, 15) is 10.1 Å². The summed E-state index contributed by atoms with van der Waals surface area (Å²) in [6.45, 7) is 4.79. The zero-order valence-corrected chi connectivity index (χ0v) is 21.1. The average molecular weight is 495 g/mol. The summed E-state index contributed by atoms with van der Waals surface area (Å²) in [5.41, 5.74) is 10.1. The summed E-state index contributed by atoms with van der Waals surface area (Å²) in [4.78, 5) is 12.4. The molecule has 6 heteroatoms. The van der Waals surface area contributed by atoms with Gasteiger partial charge in [-0.2, -0.15) is 5.26 Å². The van der Waals surface area contributed by atoms with E-state index in [0.29, 0.717) is 23.7 Å². The van der Waals surface area contributed by atoms with Gasteiger partial charge in [-0.05, 0) is 48.7 Å². The molecule has 0 amide bonds. The molecule has 37 heavy (non-hydrogen) atoms. The van der Waals surface area contributed by atoms with Gasteiger partial charge in [-0.25, -0.2) is 4.79 Å².